The molecule has 1 amide bonds. The van der Waals surface area contributed by atoms with E-state index >= 15 is 0 Å². The number of hydrogen-bond acceptors (Lipinski definition) is 3. The molecule has 2 aliphatic carbocycles. The van der Waals surface area contributed by atoms with Crippen molar-refractivity contribution >= 4 is 5.91 Å². The van der Waals surface area contributed by atoms with Crippen LogP contribution in [-0.2, 0) is 9.53 Å². The van der Waals surface area contributed by atoms with Gasteiger partial charge in [-0.3, -0.25) is 10.1 Å². The highest BCUT2D eigenvalue weighted by molar-refractivity contribution is 5.85. The topological polar surface area (TPSA) is 64.3 Å². The van der Waals surface area contributed by atoms with Crippen LogP contribution in [0.4, 0.5) is 0 Å². The predicted molar refractivity (Wildman–Crippen MR) is 75.7 cm³/mol. The highest BCUT2D eigenvalue weighted by atomic mass is 16.5. The molecule has 0 spiro atoms. The number of amides is 1. The van der Waals surface area contributed by atoms with Gasteiger partial charge in [0, 0.05) is 6.04 Å². The normalized spacial score (nSPS) is 24.4. The van der Waals surface area contributed by atoms with E-state index < -0.39 is 5.54 Å². The van der Waals surface area contributed by atoms with Gasteiger partial charge < -0.3 is 10.5 Å². The third-order valence-corrected chi connectivity index (χ3v) is 4.36. The van der Waals surface area contributed by atoms with Gasteiger partial charge in [0.15, 0.2) is 0 Å². The summed E-state index contributed by atoms with van der Waals surface area (Å²) in [6, 6.07) is 0.239. The Morgan fingerprint density at radius 3 is 2.37 bits per heavy atom. The molecule has 19 heavy (non-hydrogen) atoms. The molecule has 0 aromatic rings. The average Bonchev–Trinajstić information content (AvgIpc) is 3.19. The van der Waals surface area contributed by atoms with E-state index in [4.69, 9.17) is 10.5 Å². The molecule has 0 heterocycles. The number of carbonyl (C=O) groups excluding carboxylic acids is 1. The van der Waals surface area contributed by atoms with Crippen molar-refractivity contribution in [1.82, 2.24) is 5.32 Å². The zero-order valence-corrected chi connectivity index (χ0v) is 12.3. The van der Waals surface area contributed by atoms with Gasteiger partial charge in [-0.1, -0.05) is 19.3 Å². The van der Waals surface area contributed by atoms with Crippen LogP contribution in [0.5, 0.6) is 0 Å². The zero-order valence-electron chi connectivity index (χ0n) is 12.3. The van der Waals surface area contributed by atoms with E-state index in [0.717, 1.165) is 25.7 Å². The molecule has 1 unspecified atom stereocenters. The van der Waals surface area contributed by atoms with Gasteiger partial charge in [-0.2, -0.15) is 0 Å². The monoisotopic (exact) mass is 268 g/mol. The van der Waals surface area contributed by atoms with Gasteiger partial charge in [0.25, 0.3) is 0 Å². The van der Waals surface area contributed by atoms with Crippen molar-refractivity contribution in [3.8, 4) is 0 Å². The fourth-order valence-electron chi connectivity index (χ4n) is 3.19. The molecule has 0 aromatic carbocycles. The lowest BCUT2D eigenvalue weighted by Crippen LogP contribution is -2.62. The third kappa shape index (κ3) is 3.69. The zero-order chi connectivity index (χ0) is 13.9. The summed E-state index contributed by atoms with van der Waals surface area (Å²) in [5.74, 6) is 0.107. The number of ether oxygens (including phenoxy) is 1. The number of primary amides is 1. The van der Waals surface area contributed by atoms with Crippen LogP contribution in [0.1, 0.15) is 58.8 Å². The van der Waals surface area contributed by atoms with Crippen LogP contribution in [0.25, 0.3) is 0 Å². The molecule has 4 heteroatoms. The first kappa shape index (κ1) is 14.8. The summed E-state index contributed by atoms with van der Waals surface area (Å²) in [7, 11) is 0. The smallest absolute Gasteiger partial charge is 0.240 e. The molecule has 3 N–H and O–H groups in total. The first-order valence-corrected chi connectivity index (χ1v) is 7.74. The lowest BCUT2D eigenvalue weighted by molar-refractivity contribution is -0.130. The number of rotatable bonds is 7. The minimum atomic E-state index is -0.647. The van der Waals surface area contributed by atoms with Crippen molar-refractivity contribution in [1.29, 1.82) is 0 Å². The number of hydrogen-bond donors (Lipinski definition) is 2. The molecule has 110 valence electrons. The van der Waals surface area contributed by atoms with Crippen molar-refractivity contribution < 1.29 is 9.53 Å². The van der Waals surface area contributed by atoms with E-state index in [2.05, 4.69) is 19.2 Å². The fraction of sp³-hybridized carbons (Fsp3) is 0.933. The van der Waals surface area contributed by atoms with Crippen LogP contribution in [0.2, 0.25) is 0 Å². The number of nitrogens with two attached hydrogens (primary N) is 1. The molecule has 2 saturated carbocycles. The Morgan fingerprint density at radius 1 is 1.26 bits per heavy atom. The third-order valence-electron chi connectivity index (χ3n) is 4.36. The molecule has 1 atom stereocenters. The number of carbonyl (C=O) groups is 1. The first-order chi connectivity index (χ1) is 9.04. The molecule has 2 rings (SSSR count). The van der Waals surface area contributed by atoms with Gasteiger partial charge in [-0.15, -0.1) is 0 Å². The molecule has 0 aliphatic heterocycles. The highest BCUT2D eigenvalue weighted by Crippen LogP contribution is 2.40. The Labute approximate surface area is 116 Å². The molecule has 4 nitrogen and oxygen atoms in total. The van der Waals surface area contributed by atoms with Crippen LogP contribution in [0, 0.1) is 5.92 Å². The minimum absolute atomic E-state index is 0.239. The van der Waals surface area contributed by atoms with Crippen LogP contribution in [-0.4, -0.2) is 30.2 Å². The lowest BCUT2D eigenvalue weighted by atomic mass is 9.91. The molecule has 0 radical (unpaired) electrons. The second-order valence-corrected chi connectivity index (χ2v) is 6.48. The highest BCUT2D eigenvalue weighted by Gasteiger charge is 2.50. The van der Waals surface area contributed by atoms with Crippen LogP contribution < -0.4 is 11.1 Å². The van der Waals surface area contributed by atoms with Crippen molar-refractivity contribution in [3.05, 3.63) is 0 Å². The fourth-order valence-corrected chi connectivity index (χ4v) is 3.19. The van der Waals surface area contributed by atoms with Crippen LogP contribution in [0.3, 0.4) is 0 Å². The van der Waals surface area contributed by atoms with Gasteiger partial charge in [0.05, 0.1) is 12.7 Å². The lowest BCUT2D eigenvalue weighted by Gasteiger charge is -2.35. The van der Waals surface area contributed by atoms with E-state index in [-0.39, 0.29) is 11.9 Å². The second kappa shape index (κ2) is 6.23. The summed E-state index contributed by atoms with van der Waals surface area (Å²) in [5.41, 5.74) is 5.05. The SMILES string of the molecule is CC(C)NC(COC1CCCCC1)(C(N)=O)C1CC1. The average molecular weight is 268 g/mol. The second-order valence-electron chi connectivity index (χ2n) is 6.48. The van der Waals surface area contributed by atoms with E-state index in [1.165, 1.54) is 19.3 Å². The maximum absolute atomic E-state index is 12.0. The molecule has 0 aromatic heterocycles. The van der Waals surface area contributed by atoms with Crippen molar-refractivity contribution in [2.24, 2.45) is 11.7 Å². The molecular formula is C15H28N2O2. The molecule has 0 saturated heterocycles. The molecular weight excluding hydrogens is 240 g/mol. The van der Waals surface area contributed by atoms with Crippen LogP contribution in [0.15, 0.2) is 0 Å². The summed E-state index contributed by atoms with van der Waals surface area (Å²) in [6.45, 7) is 4.55. The number of nitrogens with one attached hydrogen (secondary N) is 1. The molecule has 2 aliphatic rings. The van der Waals surface area contributed by atoms with Gasteiger partial charge in [-0.25, -0.2) is 0 Å². The Bertz CT molecular complexity index is 309. The van der Waals surface area contributed by atoms with Crippen molar-refractivity contribution in [2.45, 2.75) is 76.5 Å². The Kier molecular flexibility index (Phi) is 4.85. The van der Waals surface area contributed by atoms with Gasteiger partial charge in [-0.05, 0) is 45.4 Å². The Hall–Kier alpha value is -0.610. The Morgan fingerprint density at radius 2 is 1.89 bits per heavy atom. The summed E-state index contributed by atoms with van der Waals surface area (Å²) in [6.07, 6.45) is 8.54. The van der Waals surface area contributed by atoms with Crippen molar-refractivity contribution in [3.63, 3.8) is 0 Å². The van der Waals surface area contributed by atoms with E-state index in [9.17, 15) is 4.79 Å². The van der Waals surface area contributed by atoms with E-state index in [0.29, 0.717) is 18.6 Å². The summed E-state index contributed by atoms with van der Waals surface area (Å²) >= 11 is 0. The predicted octanol–water partition coefficient (Wildman–Crippen LogP) is 1.97. The Balaban J connectivity index is 1.97. The maximum atomic E-state index is 12.0. The van der Waals surface area contributed by atoms with E-state index in [1.807, 2.05) is 0 Å². The summed E-state index contributed by atoms with van der Waals surface area (Å²) in [4.78, 5) is 12.0. The van der Waals surface area contributed by atoms with Crippen LogP contribution >= 0.6 is 0 Å². The summed E-state index contributed by atoms with van der Waals surface area (Å²) in [5, 5.41) is 3.39. The quantitative estimate of drug-likeness (QED) is 0.742. The van der Waals surface area contributed by atoms with Crippen molar-refractivity contribution in [2.75, 3.05) is 6.61 Å². The van der Waals surface area contributed by atoms with Gasteiger partial charge in [0.2, 0.25) is 5.91 Å². The summed E-state index contributed by atoms with van der Waals surface area (Å²) < 4.78 is 6.05. The van der Waals surface area contributed by atoms with Gasteiger partial charge >= 0.3 is 0 Å². The molecule has 0 bridgehead atoms. The van der Waals surface area contributed by atoms with E-state index in [1.54, 1.807) is 0 Å². The molecule has 2 fully saturated rings. The minimum Gasteiger partial charge on any atom is -0.376 e. The standard InChI is InChI=1S/C15H28N2O2/c1-11(2)17-15(14(16)18,12-8-9-12)10-19-13-6-4-3-5-7-13/h11-13,17H,3-10H2,1-2H3,(H2,16,18). The maximum Gasteiger partial charge on any atom is 0.240 e. The first-order valence-electron chi connectivity index (χ1n) is 7.74. The van der Waals surface area contributed by atoms with Gasteiger partial charge in [0.1, 0.15) is 5.54 Å². The largest absolute Gasteiger partial charge is 0.376 e.